The quantitative estimate of drug-likeness (QED) is 0.806. The lowest BCUT2D eigenvalue weighted by Crippen LogP contribution is -2.14. The standard InChI is InChI=1S/C18H20N4O/c1-5-13-8-6-7-9-15(13)20-18(23)14-10-11(2)19-17-16(14)12(3)21-22(17)4/h6-10H,5H2,1-4H3,(H,20,23). The molecule has 0 aliphatic rings. The van der Waals surface area contributed by atoms with E-state index in [9.17, 15) is 4.79 Å². The zero-order valence-electron chi connectivity index (χ0n) is 13.8. The van der Waals surface area contributed by atoms with Crippen molar-refractivity contribution in [2.45, 2.75) is 27.2 Å². The van der Waals surface area contributed by atoms with Gasteiger partial charge < -0.3 is 5.32 Å². The molecule has 2 aromatic heterocycles. The number of fused-ring (bicyclic) bond motifs is 1. The van der Waals surface area contributed by atoms with E-state index < -0.39 is 0 Å². The summed E-state index contributed by atoms with van der Waals surface area (Å²) in [5, 5.41) is 8.23. The fourth-order valence-corrected chi connectivity index (χ4v) is 2.89. The molecule has 3 aromatic rings. The molecule has 2 heterocycles. The van der Waals surface area contributed by atoms with Crippen molar-refractivity contribution >= 4 is 22.6 Å². The van der Waals surface area contributed by atoms with Gasteiger partial charge in [-0.2, -0.15) is 5.10 Å². The molecule has 0 aliphatic carbocycles. The van der Waals surface area contributed by atoms with Crippen LogP contribution in [-0.4, -0.2) is 20.7 Å². The second-order valence-corrected chi connectivity index (χ2v) is 5.68. The minimum absolute atomic E-state index is 0.127. The van der Waals surface area contributed by atoms with Crippen molar-refractivity contribution in [3.63, 3.8) is 0 Å². The number of aromatic nitrogens is 3. The fraction of sp³-hybridized carbons (Fsp3) is 0.278. The van der Waals surface area contributed by atoms with Crippen LogP contribution in [0.25, 0.3) is 11.0 Å². The molecule has 0 radical (unpaired) electrons. The average Bonchev–Trinajstić information content (AvgIpc) is 2.81. The van der Waals surface area contributed by atoms with Crippen molar-refractivity contribution in [1.29, 1.82) is 0 Å². The first-order chi connectivity index (χ1) is 11.0. The molecule has 118 valence electrons. The van der Waals surface area contributed by atoms with Gasteiger partial charge >= 0.3 is 0 Å². The Morgan fingerprint density at radius 2 is 2.00 bits per heavy atom. The first-order valence-electron chi connectivity index (χ1n) is 7.71. The van der Waals surface area contributed by atoms with Crippen molar-refractivity contribution in [2.75, 3.05) is 5.32 Å². The Bertz CT molecular complexity index is 895. The van der Waals surface area contributed by atoms with Crippen molar-refractivity contribution in [3.8, 4) is 0 Å². The Morgan fingerprint density at radius 1 is 1.26 bits per heavy atom. The third kappa shape index (κ3) is 2.70. The number of benzene rings is 1. The normalized spacial score (nSPS) is 11.0. The largest absolute Gasteiger partial charge is 0.322 e. The second kappa shape index (κ2) is 5.83. The molecule has 0 bridgehead atoms. The highest BCUT2D eigenvalue weighted by molar-refractivity contribution is 6.12. The molecule has 23 heavy (non-hydrogen) atoms. The van der Waals surface area contributed by atoms with Gasteiger partial charge in [-0.25, -0.2) is 4.98 Å². The third-order valence-corrected chi connectivity index (χ3v) is 3.99. The highest BCUT2D eigenvalue weighted by Gasteiger charge is 2.18. The van der Waals surface area contributed by atoms with Gasteiger partial charge in [0.15, 0.2) is 5.65 Å². The van der Waals surface area contributed by atoms with Crippen molar-refractivity contribution in [1.82, 2.24) is 14.8 Å². The highest BCUT2D eigenvalue weighted by atomic mass is 16.1. The van der Waals surface area contributed by atoms with E-state index in [0.29, 0.717) is 5.56 Å². The van der Waals surface area contributed by atoms with E-state index in [1.165, 1.54) is 0 Å². The van der Waals surface area contributed by atoms with Crippen molar-refractivity contribution in [3.05, 3.63) is 52.8 Å². The second-order valence-electron chi connectivity index (χ2n) is 5.68. The van der Waals surface area contributed by atoms with Gasteiger partial charge in [0, 0.05) is 18.4 Å². The Hall–Kier alpha value is -2.69. The predicted octanol–water partition coefficient (Wildman–Crippen LogP) is 3.40. The maximum atomic E-state index is 12.8. The van der Waals surface area contributed by atoms with Gasteiger partial charge in [0.25, 0.3) is 5.91 Å². The summed E-state index contributed by atoms with van der Waals surface area (Å²) < 4.78 is 1.72. The molecule has 0 fully saturated rings. The van der Waals surface area contributed by atoms with Gasteiger partial charge in [-0.05, 0) is 38.0 Å². The lowest BCUT2D eigenvalue weighted by Gasteiger charge is -2.11. The van der Waals surface area contributed by atoms with Crippen LogP contribution >= 0.6 is 0 Å². The topological polar surface area (TPSA) is 59.8 Å². The third-order valence-electron chi connectivity index (χ3n) is 3.99. The van der Waals surface area contributed by atoms with Gasteiger partial charge in [-0.1, -0.05) is 25.1 Å². The van der Waals surface area contributed by atoms with Gasteiger partial charge in [0.05, 0.1) is 16.6 Å². The predicted molar refractivity (Wildman–Crippen MR) is 91.8 cm³/mol. The zero-order chi connectivity index (χ0) is 16.6. The van der Waals surface area contributed by atoms with Crippen LogP contribution in [0.4, 0.5) is 5.69 Å². The van der Waals surface area contributed by atoms with Crippen LogP contribution in [0.3, 0.4) is 0 Å². The summed E-state index contributed by atoms with van der Waals surface area (Å²) in [4.78, 5) is 17.3. The summed E-state index contributed by atoms with van der Waals surface area (Å²) in [6.07, 6.45) is 0.868. The Morgan fingerprint density at radius 3 is 2.74 bits per heavy atom. The van der Waals surface area contributed by atoms with Crippen LogP contribution in [0.1, 0.15) is 34.2 Å². The molecule has 0 unspecified atom stereocenters. The van der Waals surface area contributed by atoms with Crippen molar-refractivity contribution in [2.24, 2.45) is 7.05 Å². The fourth-order valence-electron chi connectivity index (χ4n) is 2.89. The summed E-state index contributed by atoms with van der Waals surface area (Å²) in [5.74, 6) is -0.127. The summed E-state index contributed by atoms with van der Waals surface area (Å²) in [7, 11) is 1.84. The maximum Gasteiger partial charge on any atom is 0.256 e. The SMILES string of the molecule is CCc1ccccc1NC(=O)c1cc(C)nc2c1c(C)nn2C. The minimum atomic E-state index is -0.127. The van der Waals surface area contributed by atoms with Crippen LogP contribution in [-0.2, 0) is 13.5 Å². The number of carbonyl (C=O) groups is 1. The van der Waals surface area contributed by atoms with Gasteiger partial charge in [-0.3, -0.25) is 9.48 Å². The number of carbonyl (C=O) groups excluding carboxylic acids is 1. The summed E-state index contributed by atoms with van der Waals surface area (Å²) in [6, 6.07) is 9.68. The number of anilines is 1. The smallest absolute Gasteiger partial charge is 0.256 e. The van der Waals surface area contributed by atoms with E-state index in [0.717, 1.165) is 40.1 Å². The van der Waals surface area contributed by atoms with E-state index in [1.54, 1.807) is 4.68 Å². The number of nitrogens with one attached hydrogen (secondary N) is 1. The number of pyridine rings is 1. The lowest BCUT2D eigenvalue weighted by molar-refractivity contribution is 0.102. The number of para-hydroxylation sites is 1. The lowest BCUT2D eigenvalue weighted by atomic mass is 10.1. The van der Waals surface area contributed by atoms with Gasteiger partial charge in [-0.15, -0.1) is 0 Å². The zero-order valence-corrected chi connectivity index (χ0v) is 13.8. The molecule has 0 saturated heterocycles. The van der Waals surface area contributed by atoms with Gasteiger partial charge in [0.2, 0.25) is 0 Å². The molecule has 1 amide bonds. The van der Waals surface area contributed by atoms with Crippen molar-refractivity contribution < 1.29 is 4.79 Å². The van der Waals surface area contributed by atoms with Crippen LogP contribution in [0.15, 0.2) is 30.3 Å². The first-order valence-corrected chi connectivity index (χ1v) is 7.71. The monoisotopic (exact) mass is 308 g/mol. The molecule has 0 spiro atoms. The van der Waals surface area contributed by atoms with E-state index in [1.807, 2.05) is 51.2 Å². The Labute approximate surface area is 135 Å². The Balaban J connectivity index is 2.08. The first kappa shape index (κ1) is 15.2. The molecular formula is C18H20N4O. The molecular weight excluding hydrogens is 288 g/mol. The number of nitrogens with zero attached hydrogens (tertiary/aromatic N) is 3. The molecule has 1 N–H and O–H groups in total. The molecule has 5 heteroatoms. The molecule has 0 atom stereocenters. The van der Waals surface area contributed by atoms with Crippen LogP contribution in [0.5, 0.6) is 0 Å². The van der Waals surface area contributed by atoms with Crippen LogP contribution in [0, 0.1) is 13.8 Å². The summed E-state index contributed by atoms with van der Waals surface area (Å²) in [5.41, 5.74) is 4.92. The number of rotatable bonds is 3. The molecule has 0 saturated carbocycles. The minimum Gasteiger partial charge on any atom is -0.322 e. The average molecular weight is 308 g/mol. The summed E-state index contributed by atoms with van der Waals surface area (Å²) >= 11 is 0. The van der Waals surface area contributed by atoms with Gasteiger partial charge in [0.1, 0.15) is 0 Å². The number of aryl methyl sites for hydroxylation is 4. The Kier molecular flexibility index (Phi) is 3.86. The number of hydrogen-bond acceptors (Lipinski definition) is 3. The number of hydrogen-bond donors (Lipinski definition) is 1. The van der Waals surface area contributed by atoms with E-state index in [-0.39, 0.29) is 5.91 Å². The number of amides is 1. The molecule has 1 aromatic carbocycles. The molecule has 0 aliphatic heterocycles. The van der Waals surface area contributed by atoms with E-state index in [4.69, 9.17) is 0 Å². The summed E-state index contributed by atoms with van der Waals surface area (Å²) in [6.45, 7) is 5.86. The van der Waals surface area contributed by atoms with E-state index >= 15 is 0 Å². The van der Waals surface area contributed by atoms with E-state index in [2.05, 4.69) is 22.3 Å². The highest BCUT2D eigenvalue weighted by Crippen LogP contribution is 2.23. The molecule has 5 nitrogen and oxygen atoms in total. The van der Waals surface area contributed by atoms with Crippen LogP contribution < -0.4 is 5.32 Å². The molecule has 3 rings (SSSR count). The maximum absolute atomic E-state index is 12.8. The van der Waals surface area contributed by atoms with Crippen LogP contribution in [0.2, 0.25) is 0 Å².